The fourth-order valence-corrected chi connectivity index (χ4v) is 5.77. The van der Waals surface area contributed by atoms with Crippen molar-refractivity contribution in [3.05, 3.63) is 55.1 Å². The van der Waals surface area contributed by atoms with Crippen LogP contribution >= 0.6 is 0 Å². The van der Waals surface area contributed by atoms with Crippen molar-refractivity contribution in [3.63, 3.8) is 0 Å². The van der Waals surface area contributed by atoms with Crippen LogP contribution < -0.4 is 10.1 Å². The van der Waals surface area contributed by atoms with E-state index in [0.717, 1.165) is 17.5 Å². The highest BCUT2D eigenvalue weighted by molar-refractivity contribution is 5.74. The first kappa shape index (κ1) is 23.4. The molecular weight excluding hydrogens is 445 g/mol. The SMILES string of the molecule is C=C(c1ncc(-c2ccc(-c3ccnc(OC)c3)cc2O)nn1)[C@@H]1C[C@]2(C)N[C@@](C)(CC2C)[C@@H]1F. The van der Waals surface area contributed by atoms with Crippen molar-refractivity contribution in [2.45, 2.75) is 50.9 Å². The van der Waals surface area contributed by atoms with E-state index in [0.29, 0.717) is 40.9 Å². The van der Waals surface area contributed by atoms with E-state index in [1.807, 2.05) is 19.1 Å². The molecule has 2 fully saturated rings. The number of aromatic hydroxyl groups is 1. The Balaban J connectivity index is 1.38. The summed E-state index contributed by atoms with van der Waals surface area (Å²) in [4.78, 5) is 8.56. The van der Waals surface area contributed by atoms with Crippen LogP contribution in [0.15, 0.2) is 49.3 Å². The number of aromatic nitrogens is 4. The summed E-state index contributed by atoms with van der Waals surface area (Å²) in [6.07, 6.45) is 3.54. The number of nitrogens with zero attached hydrogens (tertiary/aromatic N) is 4. The van der Waals surface area contributed by atoms with Crippen LogP contribution in [-0.2, 0) is 0 Å². The molecule has 2 aliphatic heterocycles. The van der Waals surface area contributed by atoms with Crippen molar-refractivity contribution in [1.29, 1.82) is 0 Å². The van der Waals surface area contributed by atoms with Gasteiger partial charge in [-0.1, -0.05) is 19.6 Å². The molecule has 2 bridgehead atoms. The molecule has 0 saturated carbocycles. The number of rotatable bonds is 5. The summed E-state index contributed by atoms with van der Waals surface area (Å²) in [7, 11) is 1.56. The maximum absolute atomic E-state index is 15.6. The number of hydrogen-bond donors (Lipinski definition) is 2. The van der Waals surface area contributed by atoms with Crippen molar-refractivity contribution >= 4 is 5.57 Å². The summed E-state index contributed by atoms with van der Waals surface area (Å²) in [5.41, 5.74) is 2.43. The van der Waals surface area contributed by atoms with Gasteiger partial charge in [-0.2, -0.15) is 0 Å². The van der Waals surface area contributed by atoms with Gasteiger partial charge in [-0.15, -0.1) is 10.2 Å². The fraction of sp³-hybridized carbons (Fsp3) is 0.407. The molecule has 0 radical (unpaired) electrons. The fourth-order valence-electron chi connectivity index (χ4n) is 5.77. The third kappa shape index (κ3) is 3.95. The predicted molar refractivity (Wildman–Crippen MR) is 132 cm³/mol. The summed E-state index contributed by atoms with van der Waals surface area (Å²) in [6.45, 7) is 10.4. The number of phenolic OH excluding ortho intramolecular Hbond substituents is 1. The maximum Gasteiger partial charge on any atom is 0.213 e. The van der Waals surface area contributed by atoms with E-state index in [2.05, 4.69) is 45.9 Å². The Bertz CT molecular complexity index is 1280. The molecule has 2 aliphatic rings. The number of phenols is 1. The zero-order valence-electron chi connectivity index (χ0n) is 20.4. The number of allylic oxidation sites excluding steroid dienone is 1. The number of methoxy groups -OCH3 is 1. The minimum atomic E-state index is -1.08. The quantitative estimate of drug-likeness (QED) is 0.546. The zero-order chi connectivity index (χ0) is 25.0. The summed E-state index contributed by atoms with van der Waals surface area (Å²) in [5, 5.41) is 22.8. The molecule has 0 spiro atoms. The number of piperidine rings is 1. The molecule has 5 atom stereocenters. The Morgan fingerprint density at radius 1 is 1.11 bits per heavy atom. The second-order valence-corrected chi connectivity index (χ2v) is 10.3. The lowest BCUT2D eigenvalue weighted by Gasteiger charge is -2.45. The van der Waals surface area contributed by atoms with Crippen LogP contribution in [-0.4, -0.2) is 49.6 Å². The van der Waals surface area contributed by atoms with Gasteiger partial charge < -0.3 is 15.2 Å². The normalized spacial score (nSPS) is 29.7. The van der Waals surface area contributed by atoms with Gasteiger partial charge in [0.2, 0.25) is 5.88 Å². The number of nitrogens with one attached hydrogen (secondary N) is 1. The van der Waals surface area contributed by atoms with E-state index in [4.69, 9.17) is 4.74 Å². The van der Waals surface area contributed by atoms with Crippen LogP contribution in [0, 0.1) is 11.8 Å². The van der Waals surface area contributed by atoms with Crippen LogP contribution in [0.25, 0.3) is 28.0 Å². The second-order valence-electron chi connectivity index (χ2n) is 10.3. The number of hydrogen-bond acceptors (Lipinski definition) is 7. The summed E-state index contributed by atoms with van der Waals surface area (Å²) in [6, 6.07) is 8.93. The average molecular weight is 476 g/mol. The van der Waals surface area contributed by atoms with Crippen molar-refractivity contribution in [1.82, 2.24) is 25.5 Å². The Labute approximate surface area is 204 Å². The highest BCUT2D eigenvalue weighted by atomic mass is 19.1. The standard InChI is InChI=1S/C27H30FN5O2/c1-15-12-27(4)24(28)20(13-26(15,3)33-27)16(2)25-30-14-21(31-32-25)19-7-6-17(10-22(19)34)18-8-9-29-23(11-18)35-5/h6-11,14-15,20,24,33-34H,2,12-13H2,1,3-5H3/t15?,20-,24+,26-,27-/m0/s1. The first-order valence-electron chi connectivity index (χ1n) is 11.8. The highest BCUT2D eigenvalue weighted by Crippen LogP contribution is 2.51. The summed E-state index contributed by atoms with van der Waals surface area (Å²) >= 11 is 0. The van der Waals surface area contributed by atoms with Crippen LogP contribution in [0.1, 0.15) is 39.4 Å². The Morgan fingerprint density at radius 3 is 2.57 bits per heavy atom. The Morgan fingerprint density at radius 2 is 1.89 bits per heavy atom. The summed E-state index contributed by atoms with van der Waals surface area (Å²) in [5.74, 6) is 0.863. The lowest BCUT2D eigenvalue weighted by molar-refractivity contribution is 0.0741. The van der Waals surface area contributed by atoms with Crippen LogP contribution in [0.5, 0.6) is 11.6 Å². The van der Waals surface area contributed by atoms with E-state index in [1.165, 1.54) is 0 Å². The monoisotopic (exact) mass is 475 g/mol. The van der Waals surface area contributed by atoms with Crippen molar-refractivity contribution in [3.8, 4) is 34.0 Å². The molecule has 182 valence electrons. The molecule has 2 saturated heterocycles. The minimum Gasteiger partial charge on any atom is -0.507 e. The average Bonchev–Trinajstić information content (AvgIpc) is 3.06. The van der Waals surface area contributed by atoms with Gasteiger partial charge in [-0.05, 0) is 67.5 Å². The highest BCUT2D eigenvalue weighted by Gasteiger charge is 2.59. The van der Waals surface area contributed by atoms with Gasteiger partial charge in [-0.3, -0.25) is 0 Å². The number of benzene rings is 1. The molecule has 0 aliphatic carbocycles. The summed E-state index contributed by atoms with van der Waals surface area (Å²) < 4.78 is 20.8. The van der Waals surface area contributed by atoms with Gasteiger partial charge in [0.25, 0.3) is 0 Å². The molecule has 7 nitrogen and oxygen atoms in total. The van der Waals surface area contributed by atoms with Gasteiger partial charge in [0.1, 0.15) is 17.6 Å². The smallest absolute Gasteiger partial charge is 0.213 e. The van der Waals surface area contributed by atoms with E-state index in [-0.39, 0.29) is 17.2 Å². The largest absolute Gasteiger partial charge is 0.507 e. The molecule has 1 unspecified atom stereocenters. The molecule has 35 heavy (non-hydrogen) atoms. The number of pyridine rings is 1. The number of fused-ring (bicyclic) bond motifs is 2. The first-order chi connectivity index (χ1) is 16.6. The number of halogens is 1. The van der Waals surface area contributed by atoms with Gasteiger partial charge in [0.15, 0.2) is 5.82 Å². The van der Waals surface area contributed by atoms with Gasteiger partial charge in [-0.25, -0.2) is 14.4 Å². The predicted octanol–water partition coefficient (Wildman–Crippen LogP) is 4.83. The molecule has 3 aromatic rings. The van der Waals surface area contributed by atoms with Crippen molar-refractivity contribution in [2.75, 3.05) is 7.11 Å². The van der Waals surface area contributed by atoms with Crippen LogP contribution in [0.4, 0.5) is 4.39 Å². The first-order valence-corrected chi connectivity index (χ1v) is 11.8. The lowest BCUT2D eigenvalue weighted by Crippen LogP contribution is -2.61. The number of alkyl halides is 1. The zero-order valence-corrected chi connectivity index (χ0v) is 20.4. The topological polar surface area (TPSA) is 93.1 Å². The van der Waals surface area contributed by atoms with Crippen molar-refractivity contribution in [2.24, 2.45) is 11.8 Å². The van der Waals surface area contributed by atoms with E-state index >= 15 is 4.39 Å². The molecule has 5 rings (SSSR count). The lowest BCUT2D eigenvalue weighted by atomic mass is 9.74. The second kappa shape index (κ2) is 8.37. The maximum atomic E-state index is 15.6. The Hall–Kier alpha value is -3.39. The van der Waals surface area contributed by atoms with Gasteiger partial charge >= 0.3 is 0 Å². The van der Waals surface area contributed by atoms with E-state index < -0.39 is 11.7 Å². The van der Waals surface area contributed by atoms with Crippen LogP contribution in [0.3, 0.4) is 0 Å². The van der Waals surface area contributed by atoms with Crippen molar-refractivity contribution < 1.29 is 14.2 Å². The van der Waals surface area contributed by atoms with Gasteiger partial charge in [0, 0.05) is 34.8 Å². The molecule has 4 heterocycles. The van der Waals surface area contributed by atoms with Gasteiger partial charge in [0.05, 0.1) is 13.3 Å². The van der Waals surface area contributed by atoms with Crippen LogP contribution in [0.2, 0.25) is 0 Å². The third-order valence-electron chi connectivity index (χ3n) is 7.84. The van der Waals surface area contributed by atoms with E-state index in [1.54, 1.807) is 37.7 Å². The van der Waals surface area contributed by atoms with E-state index in [9.17, 15) is 5.11 Å². The number of ether oxygens (including phenoxy) is 1. The molecular formula is C27H30FN5O2. The molecule has 2 aromatic heterocycles. The minimum absolute atomic E-state index is 0.0505. The molecule has 1 aromatic carbocycles. The molecule has 2 N–H and O–H groups in total. The Kier molecular flexibility index (Phi) is 5.59. The molecule has 8 heteroatoms. The molecule has 0 amide bonds. The third-order valence-corrected chi connectivity index (χ3v) is 7.84.